The second-order valence-electron chi connectivity index (χ2n) is 5.11. The fourth-order valence-electron chi connectivity index (χ4n) is 2.54. The molecule has 0 saturated carbocycles. The molecule has 0 unspecified atom stereocenters. The van der Waals surface area contributed by atoms with Crippen LogP contribution in [0, 0.1) is 10.1 Å². The highest BCUT2D eigenvalue weighted by atomic mass is 16.6. The maximum atomic E-state index is 10.7. The molecule has 0 radical (unpaired) electrons. The summed E-state index contributed by atoms with van der Waals surface area (Å²) in [6.45, 7) is 2.26. The van der Waals surface area contributed by atoms with Crippen LogP contribution in [0.15, 0.2) is 30.3 Å². The lowest BCUT2D eigenvalue weighted by Gasteiger charge is -2.14. The van der Waals surface area contributed by atoms with Crippen molar-refractivity contribution in [3.63, 3.8) is 0 Å². The normalized spacial score (nSPS) is 19.6. The first-order valence-corrected chi connectivity index (χ1v) is 6.56. The topological polar surface area (TPSA) is 79.5 Å². The lowest BCUT2D eigenvalue weighted by molar-refractivity contribution is -0.384. The van der Waals surface area contributed by atoms with Crippen LogP contribution < -0.4 is 0 Å². The van der Waals surface area contributed by atoms with Gasteiger partial charge in [-0.1, -0.05) is 6.07 Å². The third-order valence-corrected chi connectivity index (χ3v) is 3.57. The highest BCUT2D eigenvalue weighted by molar-refractivity contribution is 5.81. The molecular weight excluding hydrogens is 258 g/mol. The van der Waals surface area contributed by atoms with Gasteiger partial charge in [-0.25, -0.2) is 0 Å². The van der Waals surface area contributed by atoms with E-state index in [2.05, 4.69) is 9.88 Å². The molecule has 1 N–H and O–H groups in total. The van der Waals surface area contributed by atoms with E-state index >= 15 is 0 Å². The minimum Gasteiger partial charge on any atom is -0.392 e. The monoisotopic (exact) mass is 273 g/mol. The maximum Gasteiger partial charge on any atom is 0.270 e. The summed E-state index contributed by atoms with van der Waals surface area (Å²) in [5.41, 5.74) is 1.75. The van der Waals surface area contributed by atoms with Crippen LogP contribution in [0.2, 0.25) is 0 Å². The average Bonchev–Trinajstić information content (AvgIpc) is 2.83. The van der Waals surface area contributed by atoms with Gasteiger partial charge < -0.3 is 5.11 Å². The number of fused-ring (bicyclic) bond motifs is 1. The van der Waals surface area contributed by atoms with Gasteiger partial charge in [0.15, 0.2) is 0 Å². The Hall–Kier alpha value is -2.05. The Morgan fingerprint density at radius 2 is 2.25 bits per heavy atom. The number of β-amino-alcohol motifs (C(OH)–C–C–N with tert-alkyl or cyclic N) is 1. The summed E-state index contributed by atoms with van der Waals surface area (Å²) in [7, 11) is 0. The number of likely N-dealkylation sites (tertiary alicyclic amines) is 1. The number of hydrogen-bond acceptors (Lipinski definition) is 5. The van der Waals surface area contributed by atoms with Crippen LogP contribution >= 0.6 is 0 Å². The largest absolute Gasteiger partial charge is 0.392 e. The number of aromatic nitrogens is 1. The molecule has 1 fully saturated rings. The smallest absolute Gasteiger partial charge is 0.270 e. The van der Waals surface area contributed by atoms with Crippen LogP contribution in [0.4, 0.5) is 5.69 Å². The fraction of sp³-hybridized carbons (Fsp3) is 0.357. The maximum absolute atomic E-state index is 10.7. The van der Waals surface area contributed by atoms with Crippen molar-refractivity contribution in [2.24, 2.45) is 0 Å². The summed E-state index contributed by atoms with van der Waals surface area (Å²) in [6, 6.07) is 8.42. The Kier molecular flexibility index (Phi) is 3.33. The molecule has 1 aromatic carbocycles. The third-order valence-electron chi connectivity index (χ3n) is 3.57. The van der Waals surface area contributed by atoms with Gasteiger partial charge in [0.2, 0.25) is 0 Å². The Morgan fingerprint density at radius 1 is 1.40 bits per heavy atom. The van der Waals surface area contributed by atoms with E-state index in [1.807, 2.05) is 12.1 Å². The van der Waals surface area contributed by atoms with Crippen LogP contribution in [0.5, 0.6) is 0 Å². The van der Waals surface area contributed by atoms with Gasteiger partial charge in [-0.15, -0.1) is 0 Å². The Morgan fingerprint density at radius 3 is 2.95 bits per heavy atom. The van der Waals surface area contributed by atoms with Gasteiger partial charge >= 0.3 is 0 Å². The molecule has 1 aromatic heterocycles. The van der Waals surface area contributed by atoms with Gasteiger partial charge in [-0.2, -0.15) is 0 Å². The lowest BCUT2D eigenvalue weighted by Crippen LogP contribution is -2.22. The number of aliphatic hydroxyl groups excluding tert-OH is 1. The zero-order valence-corrected chi connectivity index (χ0v) is 10.9. The summed E-state index contributed by atoms with van der Waals surface area (Å²) >= 11 is 0. The molecule has 1 saturated heterocycles. The van der Waals surface area contributed by atoms with Gasteiger partial charge in [0.1, 0.15) is 0 Å². The van der Waals surface area contributed by atoms with E-state index in [4.69, 9.17) is 0 Å². The Labute approximate surface area is 115 Å². The zero-order valence-electron chi connectivity index (χ0n) is 10.9. The molecule has 0 spiro atoms. The SMILES string of the molecule is O=[N+]([O-])c1ccc2nc(CN3CC[C@@H](O)C3)ccc2c1. The van der Waals surface area contributed by atoms with Gasteiger partial charge in [0.05, 0.1) is 22.2 Å². The van der Waals surface area contributed by atoms with Crippen molar-refractivity contribution in [3.05, 3.63) is 46.1 Å². The predicted molar refractivity (Wildman–Crippen MR) is 74.3 cm³/mol. The van der Waals surface area contributed by atoms with E-state index in [9.17, 15) is 15.2 Å². The summed E-state index contributed by atoms with van der Waals surface area (Å²) in [5, 5.41) is 21.0. The standard InChI is InChI=1S/C14H15N3O3/c18-13-5-6-16(9-13)8-11-2-1-10-7-12(17(19)20)3-4-14(10)15-11/h1-4,7,13,18H,5-6,8-9H2/t13-/m1/s1. The van der Waals surface area contributed by atoms with Crippen LogP contribution in [0.25, 0.3) is 10.9 Å². The summed E-state index contributed by atoms with van der Waals surface area (Å²) in [4.78, 5) is 17.0. The molecule has 1 aliphatic rings. The molecule has 3 rings (SSSR count). The molecular formula is C14H15N3O3. The molecule has 1 atom stereocenters. The molecule has 0 aliphatic carbocycles. The van der Waals surface area contributed by atoms with Crippen LogP contribution in [0.3, 0.4) is 0 Å². The van der Waals surface area contributed by atoms with Crippen LogP contribution in [-0.2, 0) is 6.54 Å². The van der Waals surface area contributed by atoms with Crippen molar-refractivity contribution in [1.82, 2.24) is 9.88 Å². The number of hydrogen-bond donors (Lipinski definition) is 1. The van der Waals surface area contributed by atoms with Crippen molar-refractivity contribution >= 4 is 16.6 Å². The molecule has 2 aromatic rings. The number of nitro groups is 1. The van der Waals surface area contributed by atoms with E-state index in [-0.39, 0.29) is 11.8 Å². The summed E-state index contributed by atoms with van der Waals surface area (Å²) in [5.74, 6) is 0. The first kappa shape index (κ1) is 13.0. The van der Waals surface area contributed by atoms with Gasteiger partial charge in [0, 0.05) is 37.2 Å². The molecule has 2 heterocycles. The number of benzene rings is 1. The number of nitro benzene ring substituents is 1. The van der Waals surface area contributed by atoms with Crippen molar-refractivity contribution in [2.45, 2.75) is 19.1 Å². The van der Waals surface area contributed by atoms with E-state index in [1.165, 1.54) is 12.1 Å². The molecule has 20 heavy (non-hydrogen) atoms. The minimum atomic E-state index is -0.404. The summed E-state index contributed by atoms with van der Waals surface area (Å²) < 4.78 is 0. The molecule has 104 valence electrons. The van der Waals surface area contributed by atoms with Gasteiger partial charge in [0.25, 0.3) is 5.69 Å². The van der Waals surface area contributed by atoms with Crippen LogP contribution in [-0.4, -0.2) is 39.1 Å². The molecule has 1 aliphatic heterocycles. The van der Waals surface area contributed by atoms with Gasteiger partial charge in [-0.3, -0.25) is 20.0 Å². The predicted octanol–water partition coefficient (Wildman–Crippen LogP) is 1.71. The van der Waals surface area contributed by atoms with Crippen molar-refractivity contribution in [1.29, 1.82) is 0 Å². The second-order valence-corrected chi connectivity index (χ2v) is 5.11. The highest BCUT2D eigenvalue weighted by Gasteiger charge is 2.20. The average molecular weight is 273 g/mol. The molecule has 6 heteroatoms. The minimum absolute atomic E-state index is 0.0784. The van der Waals surface area contributed by atoms with E-state index in [0.29, 0.717) is 13.1 Å². The molecule has 0 amide bonds. The fourth-order valence-corrected chi connectivity index (χ4v) is 2.54. The number of pyridine rings is 1. The van der Waals surface area contributed by atoms with Crippen molar-refractivity contribution in [3.8, 4) is 0 Å². The number of rotatable bonds is 3. The molecule has 0 bridgehead atoms. The first-order valence-electron chi connectivity index (χ1n) is 6.56. The number of aliphatic hydroxyl groups is 1. The summed E-state index contributed by atoms with van der Waals surface area (Å²) in [6.07, 6.45) is 0.567. The van der Waals surface area contributed by atoms with Gasteiger partial charge in [-0.05, 0) is 18.6 Å². The Bertz CT molecular complexity index is 659. The van der Waals surface area contributed by atoms with Crippen molar-refractivity contribution < 1.29 is 10.0 Å². The first-order chi connectivity index (χ1) is 9.61. The lowest BCUT2D eigenvalue weighted by atomic mass is 10.2. The van der Waals surface area contributed by atoms with E-state index < -0.39 is 4.92 Å². The number of non-ortho nitro benzene ring substituents is 1. The molecule has 6 nitrogen and oxygen atoms in total. The second kappa shape index (κ2) is 5.15. The van der Waals surface area contributed by atoms with Crippen molar-refractivity contribution in [2.75, 3.05) is 13.1 Å². The Balaban J connectivity index is 1.84. The number of nitrogens with zero attached hydrogens (tertiary/aromatic N) is 3. The van der Waals surface area contributed by atoms with Crippen LogP contribution in [0.1, 0.15) is 12.1 Å². The van der Waals surface area contributed by atoms with E-state index in [1.54, 1.807) is 6.07 Å². The highest BCUT2D eigenvalue weighted by Crippen LogP contribution is 2.20. The quantitative estimate of drug-likeness (QED) is 0.680. The third kappa shape index (κ3) is 2.61. The zero-order chi connectivity index (χ0) is 14.1. The van der Waals surface area contributed by atoms with E-state index in [0.717, 1.165) is 29.6 Å².